The molecule has 35 heavy (non-hydrogen) atoms. The number of carbonyl (C=O) groups excluding carboxylic acids is 4. The predicted octanol–water partition coefficient (Wildman–Crippen LogP) is 2.41. The lowest BCUT2D eigenvalue weighted by Crippen LogP contribution is -2.52. The lowest BCUT2D eigenvalue weighted by molar-refractivity contribution is -0.145. The van der Waals surface area contributed by atoms with Gasteiger partial charge in [-0.25, -0.2) is 9.59 Å². The fraction of sp³-hybridized carbons (Fsp3) is 0.385. The zero-order chi connectivity index (χ0) is 25.6. The SMILES string of the molecule is COC(=O)C(Cc1ccccc1)NC(=O)[C@H](CCC(=O)C[S+](C)C)NC(=O)OCc1ccccc1. The maximum atomic E-state index is 13.1. The lowest BCUT2D eigenvalue weighted by Gasteiger charge is -2.22. The number of methoxy groups -OCH3 is 1. The zero-order valence-corrected chi connectivity index (χ0v) is 21.1. The van der Waals surface area contributed by atoms with Gasteiger partial charge < -0.3 is 20.1 Å². The first-order chi connectivity index (χ1) is 16.8. The number of hydrogen-bond acceptors (Lipinski definition) is 6. The van der Waals surface area contributed by atoms with Gasteiger partial charge in [0, 0.05) is 12.8 Å². The number of carbonyl (C=O) groups is 4. The van der Waals surface area contributed by atoms with Crippen LogP contribution in [-0.2, 0) is 47.8 Å². The molecule has 0 fully saturated rings. The molecule has 0 saturated carbocycles. The van der Waals surface area contributed by atoms with E-state index in [0.29, 0.717) is 5.75 Å². The van der Waals surface area contributed by atoms with E-state index >= 15 is 0 Å². The molecule has 2 aromatic rings. The average molecular weight is 502 g/mol. The topological polar surface area (TPSA) is 111 Å². The number of rotatable bonds is 13. The summed E-state index contributed by atoms with van der Waals surface area (Å²) in [6.45, 7) is 0.0349. The van der Waals surface area contributed by atoms with Gasteiger partial charge in [-0.05, 0) is 28.4 Å². The van der Waals surface area contributed by atoms with Crippen LogP contribution in [0.25, 0.3) is 0 Å². The predicted molar refractivity (Wildman–Crippen MR) is 136 cm³/mol. The van der Waals surface area contributed by atoms with Crippen LogP contribution in [0.2, 0.25) is 0 Å². The van der Waals surface area contributed by atoms with Gasteiger partial charge >= 0.3 is 12.1 Å². The number of nitrogens with one attached hydrogen (secondary N) is 2. The summed E-state index contributed by atoms with van der Waals surface area (Å²) in [5.41, 5.74) is 1.63. The Morgan fingerprint density at radius 1 is 0.857 bits per heavy atom. The van der Waals surface area contributed by atoms with Crippen LogP contribution < -0.4 is 10.6 Å². The highest BCUT2D eigenvalue weighted by molar-refractivity contribution is 7.96. The first-order valence-corrected chi connectivity index (χ1v) is 13.4. The van der Waals surface area contributed by atoms with Crippen LogP contribution in [-0.4, -0.2) is 61.2 Å². The Morgan fingerprint density at radius 3 is 2.03 bits per heavy atom. The van der Waals surface area contributed by atoms with Crippen LogP contribution in [0.4, 0.5) is 4.79 Å². The normalized spacial score (nSPS) is 12.3. The van der Waals surface area contributed by atoms with Gasteiger partial charge in [0.25, 0.3) is 0 Å². The van der Waals surface area contributed by atoms with Gasteiger partial charge in [0.2, 0.25) is 5.91 Å². The van der Waals surface area contributed by atoms with Crippen molar-refractivity contribution in [3.63, 3.8) is 0 Å². The Kier molecular flexibility index (Phi) is 11.8. The van der Waals surface area contributed by atoms with Gasteiger partial charge in [0.1, 0.15) is 18.7 Å². The minimum Gasteiger partial charge on any atom is -0.467 e. The molecule has 0 heterocycles. The van der Waals surface area contributed by atoms with Crippen molar-refractivity contribution in [2.45, 2.75) is 38.0 Å². The fourth-order valence-corrected chi connectivity index (χ4v) is 4.12. The molecule has 2 aromatic carbocycles. The van der Waals surface area contributed by atoms with Crippen molar-refractivity contribution in [3.05, 3.63) is 71.8 Å². The highest BCUT2D eigenvalue weighted by Gasteiger charge is 2.29. The summed E-state index contributed by atoms with van der Waals surface area (Å²) < 4.78 is 10.1. The van der Waals surface area contributed by atoms with Gasteiger partial charge in [-0.1, -0.05) is 60.7 Å². The summed E-state index contributed by atoms with van der Waals surface area (Å²) >= 11 is 0. The van der Waals surface area contributed by atoms with Gasteiger partial charge in [-0.3, -0.25) is 9.59 Å². The molecular weight excluding hydrogens is 468 g/mol. The number of amides is 2. The first-order valence-electron chi connectivity index (χ1n) is 11.2. The van der Waals surface area contributed by atoms with E-state index in [4.69, 9.17) is 9.47 Å². The smallest absolute Gasteiger partial charge is 0.408 e. The third-order valence-corrected chi connectivity index (χ3v) is 5.97. The molecule has 9 heteroatoms. The van der Waals surface area contributed by atoms with E-state index < -0.39 is 30.1 Å². The van der Waals surface area contributed by atoms with E-state index in [0.717, 1.165) is 11.1 Å². The van der Waals surface area contributed by atoms with Gasteiger partial charge in [0.05, 0.1) is 19.6 Å². The molecule has 0 aliphatic heterocycles. The van der Waals surface area contributed by atoms with Crippen molar-refractivity contribution in [3.8, 4) is 0 Å². The Balaban J connectivity index is 2.07. The molecule has 2 rings (SSSR count). The number of benzene rings is 2. The highest BCUT2D eigenvalue weighted by Crippen LogP contribution is 2.08. The van der Waals surface area contributed by atoms with E-state index in [2.05, 4.69) is 10.6 Å². The van der Waals surface area contributed by atoms with Crippen molar-refractivity contribution >= 4 is 34.6 Å². The lowest BCUT2D eigenvalue weighted by atomic mass is 10.0. The standard InChI is InChI=1S/C26H32N2O6S/c1-33-25(31)23(16-19-10-6-4-7-11-19)27-24(30)22(15-14-21(29)18-35(2)3)28-26(32)34-17-20-12-8-5-9-13-20/h4-13,22-23H,14-18H2,1-3H3,(H-,27,28,30,32)/p+1/t22-,23?/m0/s1. The van der Waals surface area contributed by atoms with E-state index in [1.165, 1.54) is 7.11 Å². The minimum absolute atomic E-state index is 0.00406. The first kappa shape index (κ1) is 27.9. The van der Waals surface area contributed by atoms with Crippen LogP contribution in [0, 0.1) is 0 Å². The second-order valence-corrected chi connectivity index (χ2v) is 10.5. The number of alkyl carbamates (subject to hydrolysis) is 1. The van der Waals surface area contributed by atoms with Gasteiger partial charge in [0.15, 0.2) is 11.5 Å². The second-order valence-electron chi connectivity index (χ2n) is 8.24. The summed E-state index contributed by atoms with van der Waals surface area (Å²) in [4.78, 5) is 50.1. The molecule has 0 aliphatic carbocycles. The molecule has 1 unspecified atom stereocenters. The van der Waals surface area contributed by atoms with Crippen molar-refractivity contribution < 1.29 is 28.7 Å². The molecule has 2 N–H and O–H groups in total. The van der Waals surface area contributed by atoms with Gasteiger partial charge in [-0.2, -0.15) is 0 Å². The molecule has 0 aliphatic rings. The van der Waals surface area contributed by atoms with E-state index in [1.807, 2.05) is 73.2 Å². The minimum atomic E-state index is -1.05. The molecule has 8 nitrogen and oxygen atoms in total. The molecule has 0 saturated heterocycles. The molecular formula is C26H33N2O6S+. The highest BCUT2D eigenvalue weighted by atomic mass is 32.2. The molecule has 0 aromatic heterocycles. The number of hydrogen-bond donors (Lipinski definition) is 2. The van der Waals surface area contributed by atoms with Crippen molar-refractivity contribution in [2.24, 2.45) is 0 Å². The molecule has 0 radical (unpaired) electrons. The summed E-state index contributed by atoms with van der Waals surface area (Å²) in [5.74, 6) is -0.784. The third kappa shape index (κ3) is 10.6. The third-order valence-electron chi connectivity index (χ3n) is 5.07. The van der Waals surface area contributed by atoms with Crippen LogP contribution in [0.5, 0.6) is 0 Å². The molecule has 2 amide bonds. The van der Waals surface area contributed by atoms with E-state index in [-0.39, 0.29) is 42.5 Å². The summed E-state index contributed by atoms with van der Waals surface area (Å²) in [6.07, 6.45) is 3.56. The quantitative estimate of drug-likeness (QED) is 0.322. The number of ketones is 1. The number of Topliss-reactive ketones (excluding diaryl/α,β-unsaturated/α-hetero) is 1. The summed E-state index contributed by atoms with van der Waals surface area (Å²) in [7, 11) is 1.18. The average Bonchev–Trinajstić information content (AvgIpc) is 2.85. The Bertz CT molecular complexity index is 968. The zero-order valence-electron chi connectivity index (χ0n) is 20.3. The monoisotopic (exact) mass is 501 g/mol. The second kappa shape index (κ2) is 14.8. The maximum Gasteiger partial charge on any atom is 0.408 e. The Hall–Kier alpha value is -3.33. The van der Waals surface area contributed by atoms with Crippen LogP contribution in [0.15, 0.2) is 60.7 Å². The van der Waals surface area contributed by atoms with Crippen molar-refractivity contribution in [2.75, 3.05) is 25.4 Å². The Labute approximate surface area is 209 Å². The van der Waals surface area contributed by atoms with Crippen molar-refractivity contribution in [1.29, 1.82) is 0 Å². The largest absolute Gasteiger partial charge is 0.467 e. The maximum absolute atomic E-state index is 13.1. The molecule has 0 bridgehead atoms. The fourth-order valence-electron chi connectivity index (χ4n) is 3.33. The summed E-state index contributed by atoms with van der Waals surface area (Å²) in [5, 5.41) is 5.21. The van der Waals surface area contributed by atoms with Crippen LogP contribution in [0.3, 0.4) is 0 Å². The van der Waals surface area contributed by atoms with Crippen molar-refractivity contribution in [1.82, 2.24) is 10.6 Å². The van der Waals surface area contributed by atoms with E-state index in [1.54, 1.807) is 0 Å². The molecule has 0 spiro atoms. The Morgan fingerprint density at radius 2 is 1.46 bits per heavy atom. The molecule has 2 atom stereocenters. The summed E-state index contributed by atoms with van der Waals surface area (Å²) in [6, 6.07) is 16.3. The molecule has 188 valence electrons. The number of esters is 1. The van der Waals surface area contributed by atoms with Crippen LogP contribution in [0.1, 0.15) is 24.0 Å². The van der Waals surface area contributed by atoms with Gasteiger partial charge in [-0.15, -0.1) is 0 Å². The van der Waals surface area contributed by atoms with E-state index in [9.17, 15) is 19.2 Å². The van der Waals surface area contributed by atoms with Crippen LogP contribution >= 0.6 is 0 Å². The number of ether oxygens (including phenoxy) is 2.